The van der Waals surface area contributed by atoms with Gasteiger partial charge in [0.05, 0.1) is 0 Å². The molecule has 32 heavy (non-hydrogen) atoms. The van der Waals surface area contributed by atoms with E-state index < -0.39 is 0 Å². The van der Waals surface area contributed by atoms with Gasteiger partial charge >= 0.3 is 0 Å². The average molecular weight is 436 g/mol. The van der Waals surface area contributed by atoms with Crippen molar-refractivity contribution in [3.8, 4) is 0 Å². The molecular weight excluding hydrogens is 398 g/mol. The zero-order valence-electron chi connectivity index (χ0n) is 19.8. The maximum absolute atomic E-state index is 12.8. The molecule has 1 amide bonds. The summed E-state index contributed by atoms with van der Waals surface area (Å²) < 4.78 is 0. The van der Waals surface area contributed by atoms with E-state index in [0.717, 1.165) is 74.1 Å². The Balaban J connectivity index is 1.31. The van der Waals surface area contributed by atoms with Crippen LogP contribution in [0, 0.1) is 11.8 Å². The number of rotatable bonds is 7. The van der Waals surface area contributed by atoms with E-state index in [1.807, 2.05) is 6.20 Å². The molecule has 172 valence electrons. The van der Waals surface area contributed by atoms with E-state index in [4.69, 9.17) is 4.98 Å². The standard InChI is InChI=1S/C26H37N5O/c1-4-30(5-2)23-9-6-20(7-10-23)17-27-25(32)21-8-11-24-22(16-21)18-28-26(29-24)31-14-12-19(3)13-15-31/h6-7,9-10,18-19,21H,4-5,8,11-17H2,1-3H3,(H,27,32)/t21-/m1/s1. The van der Waals surface area contributed by atoms with Gasteiger partial charge in [-0.1, -0.05) is 19.1 Å². The first-order valence-corrected chi connectivity index (χ1v) is 12.3. The Morgan fingerprint density at radius 1 is 1.12 bits per heavy atom. The largest absolute Gasteiger partial charge is 0.372 e. The van der Waals surface area contributed by atoms with Crippen LogP contribution in [0.4, 0.5) is 11.6 Å². The molecule has 1 aliphatic carbocycles. The van der Waals surface area contributed by atoms with E-state index in [2.05, 4.69) is 65.1 Å². The van der Waals surface area contributed by atoms with Crippen LogP contribution in [0.5, 0.6) is 0 Å². The number of anilines is 2. The summed E-state index contributed by atoms with van der Waals surface area (Å²) >= 11 is 0. The topological polar surface area (TPSA) is 61.4 Å². The monoisotopic (exact) mass is 435 g/mol. The molecule has 0 unspecified atom stereocenters. The zero-order valence-corrected chi connectivity index (χ0v) is 19.8. The summed E-state index contributed by atoms with van der Waals surface area (Å²) in [4.78, 5) is 27.0. The van der Waals surface area contributed by atoms with Gasteiger partial charge in [-0.2, -0.15) is 0 Å². The Labute approximate surface area is 192 Å². The second kappa shape index (κ2) is 10.3. The summed E-state index contributed by atoms with van der Waals surface area (Å²) in [6.45, 7) is 11.3. The first-order valence-electron chi connectivity index (χ1n) is 12.3. The lowest BCUT2D eigenvalue weighted by atomic mass is 9.86. The highest BCUT2D eigenvalue weighted by Gasteiger charge is 2.27. The quantitative estimate of drug-likeness (QED) is 0.713. The predicted octanol–water partition coefficient (Wildman–Crippen LogP) is 3.98. The fourth-order valence-corrected chi connectivity index (χ4v) is 4.83. The number of fused-ring (bicyclic) bond motifs is 1. The Kier molecular flexibility index (Phi) is 7.28. The van der Waals surface area contributed by atoms with E-state index in [9.17, 15) is 4.79 Å². The van der Waals surface area contributed by atoms with Gasteiger partial charge < -0.3 is 15.1 Å². The fourth-order valence-electron chi connectivity index (χ4n) is 4.83. The molecular formula is C26H37N5O. The molecule has 2 aliphatic rings. The van der Waals surface area contributed by atoms with Crippen molar-refractivity contribution in [2.75, 3.05) is 36.0 Å². The van der Waals surface area contributed by atoms with Gasteiger partial charge in [0, 0.05) is 56.2 Å². The lowest BCUT2D eigenvalue weighted by Gasteiger charge is -2.31. The minimum atomic E-state index is 0.00253. The summed E-state index contributed by atoms with van der Waals surface area (Å²) in [5.41, 5.74) is 4.63. The summed E-state index contributed by atoms with van der Waals surface area (Å²) in [5, 5.41) is 3.14. The number of carbonyl (C=O) groups is 1. The second-order valence-electron chi connectivity index (χ2n) is 9.31. The number of benzene rings is 1. The van der Waals surface area contributed by atoms with Crippen LogP contribution in [0.15, 0.2) is 30.5 Å². The van der Waals surface area contributed by atoms with Gasteiger partial charge in [-0.25, -0.2) is 9.97 Å². The van der Waals surface area contributed by atoms with E-state index in [0.29, 0.717) is 6.54 Å². The van der Waals surface area contributed by atoms with E-state index in [-0.39, 0.29) is 11.8 Å². The van der Waals surface area contributed by atoms with Crippen molar-refractivity contribution in [3.63, 3.8) is 0 Å². The molecule has 2 aromatic rings. The summed E-state index contributed by atoms with van der Waals surface area (Å²) in [6.07, 6.45) is 6.82. The fraction of sp³-hybridized carbons (Fsp3) is 0.577. The van der Waals surface area contributed by atoms with Crippen LogP contribution < -0.4 is 15.1 Å². The lowest BCUT2D eigenvalue weighted by Crippen LogP contribution is -2.36. The Bertz CT molecular complexity index is 901. The molecule has 1 N–H and O–H groups in total. The molecule has 1 aromatic carbocycles. The van der Waals surface area contributed by atoms with Gasteiger partial charge in [0.1, 0.15) is 0 Å². The molecule has 2 heterocycles. The molecule has 4 rings (SSSR count). The van der Waals surface area contributed by atoms with Crippen LogP contribution in [-0.4, -0.2) is 42.1 Å². The Morgan fingerprint density at radius 2 is 1.84 bits per heavy atom. The van der Waals surface area contributed by atoms with Gasteiger partial charge in [0.25, 0.3) is 0 Å². The minimum Gasteiger partial charge on any atom is -0.372 e. The van der Waals surface area contributed by atoms with Crippen LogP contribution >= 0.6 is 0 Å². The number of carbonyl (C=O) groups excluding carboxylic acids is 1. The van der Waals surface area contributed by atoms with Gasteiger partial charge in [-0.05, 0) is 75.1 Å². The number of hydrogen-bond donors (Lipinski definition) is 1. The third-order valence-corrected chi connectivity index (χ3v) is 7.11. The molecule has 1 fully saturated rings. The van der Waals surface area contributed by atoms with Crippen molar-refractivity contribution in [2.45, 2.75) is 59.4 Å². The van der Waals surface area contributed by atoms with Gasteiger partial charge in [-0.15, -0.1) is 0 Å². The highest BCUT2D eigenvalue weighted by molar-refractivity contribution is 5.79. The first-order chi connectivity index (χ1) is 15.6. The minimum absolute atomic E-state index is 0.00253. The van der Waals surface area contributed by atoms with Crippen molar-refractivity contribution in [1.82, 2.24) is 15.3 Å². The highest BCUT2D eigenvalue weighted by Crippen LogP contribution is 2.27. The summed E-state index contributed by atoms with van der Waals surface area (Å²) in [7, 11) is 0. The second-order valence-corrected chi connectivity index (χ2v) is 9.31. The van der Waals surface area contributed by atoms with Crippen molar-refractivity contribution >= 4 is 17.5 Å². The van der Waals surface area contributed by atoms with Crippen LogP contribution in [0.1, 0.15) is 56.9 Å². The van der Waals surface area contributed by atoms with Gasteiger partial charge in [0.2, 0.25) is 11.9 Å². The van der Waals surface area contributed by atoms with E-state index in [1.54, 1.807) is 0 Å². The van der Waals surface area contributed by atoms with Crippen LogP contribution in [0.2, 0.25) is 0 Å². The predicted molar refractivity (Wildman–Crippen MR) is 130 cm³/mol. The number of hydrogen-bond acceptors (Lipinski definition) is 5. The lowest BCUT2D eigenvalue weighted by molar-refractivity contribution is -0.125. The molecule has 1 aliphatic heterocycles. The summed E-state index contributed by atoms with van der Waals surface area (Å²) in [5.74, 6) is 1.80. The van der Waals surface area contributed by atoms with E-state index >= 15 is 0 Å². The molecule has 1 atom stereocenters. The molecule has 6 nitrogen and oxygen atoms in total. The number of aromatic nitrogens is 2. The van der Waals surface area contributed by atoms with Crippen LogP contribution in [0.25, 0.3) is 0 Å². The molecule has 0 bridgehead atoms. The SMILES string of the molecule is CCN(CC)c1ccc(CNC(=O)[C@@H]2CCc3nc(N4CCC(C)CC4)ncc3C2)cc1. The van der Waals surface area contributed by atoms with Crippen molar-refractivity contribution in [3.05, 3.63) is 47.3 Å². The molecule has 0 saturated carbocycles. The maximum Gasteiger partial charge on any atom is 0.225 e. The van der Waals surface area contributed by atoms with Gasteiger partial charge in [0.15, 0.2) is 0 Å². The number of nitrogens with zero attached hydrogens (tertiary/aromatic N) is 4. The summed E-state index contributed by atoms with van der Waals surface area (Å²) in [6, 6.07) is 8.51. The van der Waals surface area contributed by atoms with E-state index in [1.165, 1.54) is 18.5 Å². The smallest absolute Gasteiger partial charge is 0.225 e. The van der Waals surface area contributed by atoms with Crippen LogP contribution in [0.3, 0.4) is 0 Å². The van der Waals surface area contributed by atoms with Crippen molar-refractivity contribution in [1.29, 1.82) is 0 Å². The number of aryl methyl sites for hydroxylation is 1. The Hall–Kier alpha value is -2.63. The molecule has 1 aromatic heterocycles. The normalized spacial score (nSPS) is 18.8. The number of nitrogens with one attached hydrogen (secondary N) is 1. The molecule has 1 saturated heterocycles. The average Bonchev–Trinajstić information content (AvgIpc) is 2.84. The van der Waals surface area contributed by atoms with Crippen LogP contribution in [-0.2, 0) is 24.2 Å². The van der Waals surface area contributed by atoms with Crippen molar-refractivity contribution < 1.29 is 4.79 Å². The third-order valence-electron chi connectivity index (χ3n) is 7.11. The maximum atomic E-state index is 12.8. The molecule has 0 spiro atoms. The third kappa shape index (κ3) is 5.22. The van der Waals surface area contributed by atoms with Gasteiger partial charge in [-0.3, -0.25) is 4.79 Å². The number of piperidine rings is 1. The van der Waals surface area contributed by atoms with Crippen molar-refractivity contribution in [2.24, 2.45) is 11.8 Å². The molecule has 6 heteroatoms. The first kappa shape index (κ1) is 22.6. The highest BCUT2D eigenvalue weighted by atomic mass is 16.1. The molecule has 0 radical (unpaired) electrons. The zero-order chi connectivity index (χ0) is 22.5. The number of amides is 1. The Morgan fingerprint density at radius 3 is 2.53 bits per heavy atom.